The average Bonchev–Trinajstić information content (AvgIpc) is 2.00. The molecule has 12 heavy (non-hydrogen) atoms. The minimum Gasteiger partial charge on any atom is -0.461 e. The molecule has 0 aromatic heterocycles. The van der Waals surface area contributed by atoms with Gasteiger partial charge in [-0.3, -0.25) is 4.79 Å². The number of rotatable bonds is 6. The highest BCUT2D eigenvalue weighted by molar-refractivity contribution is 5.69. The topological polar surface area (TPSA) is 46.5 Å². The first-order valence-corrected chi connectivity index (χ1v) is 4.11. The van der Waals surface area contributed by atoms with Gasteiger partial charge < -0.3 is 9.84 Å². The average molecular weight is 172 g/mol. The third kappa shape index (κ3) is 7.28. The van der Waals surface area contributed by atoms with Crippen molar-refractivity contribution in [3.8, 4) is 0 Å². The molecule has 0 aliphatic carbocycles. The van der Waals surface area contributed by atoms with Crippen LogP contribution in [-0.2, 0) is 9.53 Å². The van der Waals surface area contributed by atoms with E-state index in [1.807, 2.05) is 0 Å². The van der Waals surface area contributed by atoms with Crippen LogP contribution in [-0.4, -0.2) is 23.8 Å². The van der Waals surface area contributed by atoms with Crippen molar-refractivity contribution in [2.24, 2.45) is 0 Å². The summed E-state index contributed by atoms with van der Waals surface area (Å²) in [5.74, 6) is -0.226. The van der Waals surface area contributed by atoms with Crippen LogP contribution >= 0.6 is 0 Å². The molecular weight excluding hydrogens is 156 g/mol. The molecule has 70 valence electrons. The van der Waals surface area contributed by atoms with E-state index < -0.39 is 0 Å². The fraction of sp³-hybridized carbons (Fsp3) is 0.667. The third-order valence-electron chi connectivity index (χ3n) is 1.36. The van der Waals surface area contributed by atoms with E-state index in [1.54, 1.807) is 6.92 Å². The lowest BCUT2D eigenvalue weighted by Crippen LogP contribution is -2.06. The van der Waals surface area contributed by atoms with Crippen LogP contribution in [0, 0.1) is 0 Å². The maximum Gasteiger partial charge on any atom is 0.306 e. The maximum atomic E-state index is 10.8. The van der Waals surface area contributed by atoms with Crippen LogP contribution in [0.15, 0.2) is 12.7 Å². The number of esters is 1. The zero-order valence-corrected chi connectivity index (χ0v) is 7.45. The molecule has 0 aliphatic rings. The van der Waals surface area contributed by atoms with Gasteiger partial charge in [-0.25, -0.2) is 0 Å². The van der Waals surface area contributed by atoms with E-state index in [1.165, 1.54) is 6.08 Å². The minimum absolute atomic E-state index is 0.226. The molecule has 0 spiro atoms. The summed E-state index contributed by atoms with van der Waals surface area (Å²) in [6.45, 7) is 5.40. The summed E-state index contributed by atoms with van der Waals surface area (Å²) < 4.78 is 4.73. The molecule has 0 fully saturated rings. The molecule has 0 saturated heterocycles. The number of aliphatic hydroxyl groups is 1. The Labute approximate surface area is 73.0 Å². The smallest absolute Gasteiger partial charge is 0.306 e. The molecule has 0 saturated carbocycles. The molecule has 1 atom stereocenters. The van der Waals surface area contributed by atoms with E-state index in [-0.39, 0.29) is 18.7 Å². The minimum atomic E-state index is -0.336. The normalized spacial score (nSPS) is 12.2. The summed E-state index contributed by atoms with van der Waals surface area (Å²) in [6, 6.07) is 0. The molecule has 0 aromatic carbocycles. The number of ether oxygens (including phenoxy) is 1. The molecule has 3 heteroatoms. The lowest BCUT2D eigenvalue weighted by Gasteiger charge is -2.03. The van der Waals surface area contributed by atoms with Gasteiger partial charge >= 0.3 is 5.97 Å². The predicted molar refractivity (Wildman–Crippen MR) is 46.7 cm³/mol. The molecule has 0 heterocycles. The van der Waals surface area contributed by atoms with Gasteiger partial charge in [0.05, 0.1) is 6.10 Å². The Bertz CT molecular complexity index is 141. The monoisotopic (exact) mass is 172 g/mol. The van der Waals surface area contributed by atoms with Crippen molar-refractivity contribution in [1.29, 1.82) is 0 Å². The molecule has 0 bridgehead atoms. The molecule has 0 aliphatic heterocycles. The Morgan fingerprint density at radius 3 is 2.92 bits per heavy atom. The number of carbonyl (C=O) groups excluding carboxylic acids is 1. The second-order valence-corrected chi connectivity index (χ2v) is 2.71. The van der Waals surface area contributed by atoms with Crippen LogP contribution in [0.5, 0.6) is 0 Å². The van der Waals surface area contributed by atoms with Crippen LogP contribution in [0.2, 0.25) is 0 Å². The van der Waals surface area contributed by atoms with E-state index >= 15 is 0 Å². The number of carbonyl (C=O) groups is 1. The summed E-state index contributed by atoms with van der Waals surface area (Å²) in [5, 5.41) is 8.87. The van der Waals surface area contributed by atoms with Gasteiger partial charge in [0.15, 0.2) is 0 Å². The first-order chi connectivity index (χ1) is 5.66. The molecule has 0 aromatic rings. The van der Waals surface area contributed by atoms with Gasteiger partial charge in [-0.2, -0.15) is 0 Å². The first kappa shape index (κ1) is 11.2. The fourth-order valence-electron chi connectivity index (χ4n) is 0.766. The Kier molecular flexibility index (Phi) is 6.38. The van der Waals surface area contributed by atoms with Crippen molar-refractivity contribution in [3.05, 3.63) is 12.7 Å². The Hall–Kier alpha value is -0.830. The SMILES string of the molecule is C=CCOC(=O)CCCC(C)O. The van der Waals surface area contributed by atoms with Crippen molar-refractivity contribution in [3.63, 3.8) is 0 Å². The van der Waals surface area contributed by atoms with Gasteiger partial charge in [0.25, 0.3) is 0 Å². The fourth-order valence-corrected chi connectivity index (χ4v) is 0.766. The Morgan fingerprint density at radius 1 is 1.75 bits per heavy atom. The summed E-state index contributed by atoms with van der Waals surface area (Å²) >= 11 is 0. The molecule has 3 nitrogen and oxygen atoms in total. The number of hydrogen-bond donors (Lipinski definition) is 1. The van der Waals surface area contributed by atoms with E-state index in [2.05, 4.69) is 6.58 Å². The lowest BCUT2D eigenvalue weighted by molar-refractivity contribution is -0.142. The summed E-state index contributed by atoms with van der Waals surface area (Å²) in [4.78, 5) is 10.8. The standard InChI is InChI=1S/C9H16O3/c1-3-7-12-9(11)6-4-5-8(2)10/h3,8,10H,1,4-7H2,2H3. The van der Waals surface area contributed by atoms with E-state index in [0.717, 1.165) is 0 Å². The van der Waals surface area contributed by atoms with Gasteiger partial charge in [-0.05, 0) is 19.8 Å². The zero-order chi connectivity index (χ0) is 9.40. The van der Waals surface area contributed by atoms with Crippen LogP contribution in [0.3, 0.4) is 0 Å². The quantitative estimate of drug-likeness (QED) is 0.484. The predicted octanol–water partition coefficient (Wildman–Crippen LogP) is 1.27. The van der Waals surface area contributed by atoms with Crippen molar-refractivity contribution >= 4 is 5.97 Å². The molecule has 0 radical (unpaired) electrons. The second kappa shape index (κ2) is 6.85. The van der Waals surface area contributed by atoms with Crippen LogP contribution in [0.1, 0.15) is 26.2 Å². The van der Waals surface area contributed by atoms with E-state index in [9.17, 15) is 4.79 Å². The van der Waals surface area contributed by atoms with Crippen molar-refractivity contribution in [2.45, 2.75) is 32.3 Å². The number of hydrogen-bond acceptors (Lipinski definition) is 3. The highest BCUT2D eigenvalue weighted by Crippen LogP contribution is 2.01. The molecule has 1 N–H and O–H groups in total. The second-order valence-electron chi connectivity index (χ2n) is 2.71. The van der Waals surface area contributed by atoms with Gasteiger partial charge in [0, 0.05) is 6.42 Å². The lowest BCUT2D eigenvalue weighted by atomic mass is 10.2. The van der Waals surface area contributed by atoms with Crippen molar-refractivity contribution in [2.75, 3.05) is 6.61 Å². The largest absolute Gasteiger partial charge is 0.461 e. The molecular formula is C9H16O3. The Balaban J connectivity index is 3.25. The van der Waals surface area contributed by atoms with Crippen molar-refractivity contribution in [1.82, 2.24) is 0 Å². The summed E-state index contributed by atoms with van der Waals surface area (Å²) in [6.07, 6.45) is 2.89. The van der Waals surface area contributed by atoms with E-state index in [4.69, 9.17) is 9.84 Å². The Morgan fingerprint density at radius 2 is 2.42 bits per heavy atom. The van der Waals surface area contributed by atoms with Crippen LogP contribution < -0.4 is 0 Å². The van der Waals surface area contributed by atoms with E-state index in [0.29, 0.717) is 19.3 Å². The first-order valence-electron chi connectivity index (χ1n) is 4.11. The van der Waals surface area contributed by atoms with Gasteiger partial charge in [0.2, 0.25) is 0 Å². The zero-order valence-electron chi connectivity index (χ0n) is 7.45. The van der Waals surface area contributed by atoms with Gasteiger partial charge in [-0.15, -0.1) is 0 Å². The van der Waals surface area contributed by atoms with Crippen LogP contribution in [0.25, 0.3) is 0 Å². The third-order valence-corrected chi connectivity index (χ3v) is 1.36. The summed E-state index contributed by atoms with van der Waals surface area (Å²) in [7, 11) is 0. The molecule has 0 amide bonds. The van der Waals surface area contributed by atoms with Gasteiger partial charge in [0.1, 0.15) is 6.61 Å². The summed E-state index contributed by atoms with van der Waals surface area (Å²) in [5.41, 5.74) is 0. The molecule has 0 rings (SSSR count). The molecule has 1 unspecified atom stereocenters. The van der Waals surface area contributed by atoms with Crippen LogP contribution in [0.4, 0.5) is 0 Å². The van der Waals surface area contributed by atoms with Gasteiger partial charge in [-0.1, -0.05) is 12.7 Å². The maximum absolute atomic E-state index is 10.8. The highest BCUT2D eigenvalue weighted by atomic mass is 16.5. The van der Waals surface area contributed by atoms with Crippen molar-refractivity contribution < 1.29 is 14.6 Å². The highest BCUT2D eigenvalue weighted by Gasteiger charge is 2.02. The number of aliphatic hydroxyl groups excluding tert-OH is 1.